The van der Waals surface area contributed by atoms with E-state index in [0.717, 1.165) is 23.0 Å². The summed E-state index contributed by atoms with van der Waals surface area (Å²) >= 11 is 0. The Balaban J connectivity index is 1.84. The highest BCUT2D eigenvalue weighted by Crippen LogP contribution is 2.31. The highest BCUT2D eigenvalue weighted by Gasteiger charge is 2.28. The highest BCUT2D eigenvalue weighted by molar-refractivity contribution is 5.92. The number of carbonyl (C=O) groups is 1. The van der Waals surface area contributed by atoms with Gasteiger partial charge in [-0.15, -0.1) is 0 Å². The lowest BCUT2D eigenvalue weighted by atomic mass is 10.1. The van der Waals surface area contributed by atoms with Crippen molar-refractivity contribution in [2.75, 3.05) is 6.54 Å². The molecule has 7 nitrogen and oxygen atoms in total. The molecule has 0 aliphatic carbocycles. The molecule has 130 valence electrons. The number of nitrogens with zero attached hydrogens (tertiary/aromatic N) is 4. The number of rotatable bonds is 3. The van der Waals surface area contributed by atoms with Gasteiger partial charge in [-0.25, -0.2) is 4.79 Å². The van der Waals surface area contributed by atoms with Crippen LogP contribution in [0.25, 0.3) is 6.08 Å². The highest BCUT2D eigenvalue weighted by atomic mass is 16.2. The standard InChI is InChI=1S/C18H20N4O3/c1-20-12-14(17(24)21(2)18(20)25)5-6-16(23)22-11-3-4-15(22)13-7-9-19-10-8-13/h5-10,12,15H,3-4,11H2,1-2H3/b6-5-/t15-/m1/s1. The van der Waals surface area contributed by atoms with Gasteiger partial charge in [-0.3, -0.25) is 19.1 Å². The van der Waals surface area contributed by atoms with Crippen molar-refractivity contribution in [2.45, 2.75) is 18.9 Å². The summed E-state index contributed by atoms with van der Waals surface area (Å²) in [4.78, 5) is 42.3. The maximum Gasteiger partial charge on any atom is 0.330 e. The second-order valence-electron chi connectivity index (χ2n) is 6.15. The van der Waals surface area contributed by atoms with Crippen molar-refractivity contribution in [1.82, 2.24) is 19.0 Å². The molecular weight excluding hydrogens is 320 g/mol. The second-order valence-corrected chi connectivity index (χ2v) is 6.15. The monoisotopic (exact) mass is 340 g/mol. The molecule has 1 fully saturated rings. The Morgan fingerprint density at radius 3 is 2.68 bits per heavy atom. The molecule has 0 aromatic carbocycles. The number of amides is 1. The van der Waals surface area contributed by atoms with Crippen molar-refractivity contribution in [1.29, 1.82) is 0 Å². The minimum Gasteiger partial charge on any atom is -0.332 e. The fourth-order valence-corrected chi connectivity index (χ4v) is 3.17. The lowest BCUT2D eigenvalue weighted by Crippen LogP contribution is -2.37. The molecule has 7 heteroatoms. The van der Waals surface area contributed by atoms with E-state index in [9.17, 15) is 14.4 Å². The summed E-state index contributed by atoms with van der Waals surface area (Å²) in [5.74, 6) is -0.143. The Bertz CT molecular complexity index is 928. The quantitative estimate of drug-likeness (QED) is 0.777. The Kier molecular flexibility index (Phi) is 4.65. The zero-order valence-electron chi connectivity index (χ0n) is 14.3. The Morgan fingerprint density at radius 2 is 1.96 bits per heavy atom. The molecule has 0 bridgehead atoms. The molecule has 3 rings (SSSR count). The molecule has 0 N–H and O–H groups in total. The number of carbonyl (C=O) groups excluding carboxylic acids is 1. The first-order valence-corrected chi connectivity index (χ1v) is 8.14. The minimum atomic E-state index is -0.417. The molecule has 1 amide bonds. The molecule has 25 heavy (non-hydrogen) atoms. The second kappa shape index (κ2) is 6.88. The Morgan fingerprint density at radius 1 is 1.24 bits per heavy atom. The largest absolute Gasteiger partial charge is 0.332 e. The van der Waals surface area contributed by atoms with E-state index in [1.54, 1.807) is 24.3 Å². The average Bonchev–Trinajstić information content (AvgIpc) is 3.12. The van der Waals surface area contributed by atoms with Crippen LogP contribution >= 0.6 is 0 Å². The number of aromatic nitrogens is 3. The normalized spacial score (nSPS) is 17.4. The third-order valence-corrected chi connectivity index (χ3v) is 4.51. The van der Waals surface area contributed by atoms with Crippen LogP contribution in [-0.2, 0) is 18.9 Å². The minimum absolute atomic E-state index is 0.0307. The van der Waals surface area contributed by atoms with E-state index in [0.29, 0.717) is 12.1 Å². The summed E-state index contributed by atoms with van der Waals surface area (Å²) in [5, 5.41) is 0. The Labute approximate surface area is 144 Å². The predicted molar refractivity (Wildman–Crippen MR) is 93.9 cm³/mol. The van der Waals surface area contributed by atoms with E-state index in [-0.39, 0.29) is 11.9 Å². The number of aryl methyl sites for hydroxylation is 1. The van der Waals surface area contributed by atoms with Gasteiger partial charge >= 0.3 is 5.69 Å². The van der Waals surface area contributed by atoms with Crippen LogP contribution in [-0.4, -0.2) is 31.5 Å². The SMILES string of the molecule is Cn1cc(/C=C\C(=O)N2CCC[C@@H]2c2ccncc2)c(=O)n(C)c1=O. The van der Waals surface area contributed by atoms with E-state index in [1.807, 2.05) is 12.1 Å². The van der Waals surface area contributed by atoms with Crippen LogP contribution in [0.1, 0.15) is 30.0 Å². The lowest BCUT2D eigenvalue weighted by Gasteiger charge is -2.23. The van der Waals surface area contributed by atoms with Gasteiger partial charge in [0.2, 0.25) is 5.91 Å². The van der Waals surface area contributed by atoms with Gasteiger partial charge in [-0.1, -0.05) is 0 Å². The van der Waals surface area contributed by atoms with Gasteiger partial charge in [0.15, 0.2) is 0 Å². The molecule has 0 spiro atoms. The molecular formula is C18H20N4O3. The number of pyridine rings is 1. The predicted octanol–water partition coefficient (Wildman–Crippen LogP) is 0.856. The Hall–Kier alpha value is -2.96. The molecule has 1 atom stereocenters. The van der Waals surface area contributed by atoms with E-state index in [4.69, 9.17) is 0 Å². The maximum absolute atomic E-state index is 12.6. The smallest absolute Gasteiger partial charge is 0.330 e. The summed E-state index contributed by atoms with van der Waals surface area (Å²) in [6, 6.07) is 3.87. The van der Waals surface area contributed by atoms with Gasteiger partial charge in [-0.05, 0) is 36.6 Å². The van der Waals surface area contributed by atoms with E-state index in [2.05, 4.69) is 4.98 Å². The van der Waals surface area contributed by atoms with Crippen molar-refractivity contribution in [3.63, 3.8) is 0 Å². The third kappa shape index (κ3) is 3.31. The number of hydrogen-bond acceptors (Lipinski definition) is 4. The lowest BCUT2D eigenvalue weighted by molar-refractivity contribution is -0.126. The van der Waals surface area contributed by atoms with Crippen LogP contribution in [0, 0.1) is 0 Å². The summed E-state index contributed by atoms with van der Waals surface area (Å²) < 4.78 is 2.35. The first-order chi connectivity index (χ1) is 12.0. The average molecular weight is 340 g/mol. The molecule has 0 radical (unpaired) electrons. The van der Waals surface area contributed by atoms with Gasteiger partial charge in [0.25, 0.3) is 5.56 Å². The summed E-state index contributed by atoms with van der Waals surface area (Å²) in [6.45, 7) is 0.682. The molecule has 3 heterocycles. The first-order valence-electron chi connectivity index (χ1n) is 8.14. The maximum atomic E-state index is 12.6. The summed E-state index contributed by atoms with van der Waals surface area (Å²) in [6.07, 6.45) is 9.62. The van der Waals surface area contributed by atoms with Crippen LogP contribution < -0.4 is 11.2 Å². The fourth-order valence-electron chi connectivity index (χ4n) is 3.17. The molecule has 2 aromatic heterocycles. The van der Waals surface area contributed by atoms with Crippen LogP contribution in [0.15, 0.2) is 46.4 Å². The molecule has 0 saturated carbocycles. The molecule has 0 unspecified atom stereocenters. The van der Waals surface area contributed by atoms with Crippen LogP contribution in [0.2, 0.25) is 0 Å². The molecule has 2 aromatic rings. The topological polar surface area (TPSA) is 77.2 Å². The van der Waals surface area contributed by atoms with Crippen LogP contribution in [0.5, 0.6) is 0 Å². The van der Waals surface area contributed by atoms with Gasteiger partial charge in [-0.2, -0.15) is 0 Å². The summed E-state index contributed by atoms with van der Waals surface area (Å²) in [7, 11) is 2.99. The van der Waals surface area contributed by atoms with E-state index < -0.39 is 11.2 Å². The van der Waals surface area contributed by atoms with Crippen LogP contribution in [0.3, 0.4) is 0 Å². The van der Waals surface area contributed by atoms with E-state index in [1.165, 1.54) is 30.0 Å². The van der Waals surface area contributed by atoms with Crippen molar-refractivity contribution < 1.29 is 4.79 Å². The molecule has 1 aliphatic heterocycles. The fraction of sp³-hybridized carbons (Fsp3) is 0.333. The van der Waals surface area contributed by atoms with Crippen molar-refractivity contribution in [3.8, 4) is 0 Å². The molecule has 1 saturated heterocycles. The molecule has 1 aliphatic rings. The zero-order valence-corrected chi connectivity index (χ0v) is 14.3. The van der Waals surface area contributed by atoms with Crippen molar-refractivity contribution in [2.24, 2.45) is 14.1 Å². The van der Waals surface area contributed by atoms with Crippen molar-refractivity contribution >= 4 is 12.0 Å². The first kappa shape index (κ1) is 16.9. The van der Waals surface area contributed by atoms with Gasteiger partial charge in [0, 0.05) is 45.3 Å². The third-order valence-electron chi connectivity index (χ3n) is 4.51. The van der Waals surface area contributed by atoms with Gasteiger partial charge in [0.05, 0.1) is 11.6 Å². The zero-order chi connectivity index (χ0) is 18.0. The van der Waals surface area contributed by atoms with Gasteiger partial charge < -0.3 is 9.47 Å². The van der Waals surface area contributed by atoms with Crippen molar-refractivity contribution in [3.05, 3.63) is 68.8 Å². The number of likely N-dealkylation sites (tertiary alicyclic amines) is 1. The van der Waals surface area contributed by atoms with E-state index >= 15 is 0 Å². The summed E-state index contributed by atoms with van der Waals surface area (Å²) in [5.41, 5.74) is 0.551. The van der Waals surface area contributed by atoms with Gasteiger partial charge in [0.1, 0.15) is 0 Å². The number of hydrogen-bond donors (Lipinski definition) is 0. The van der Waals surface area contributed by atoms with Crippen LogP contribution in [0.4, 0.5) is 0 Å².